The van der Waals surface area contributed by atoms with Gasteiger partial charge in [0, 0.05) is 0 Å². The second-order valence-corrected chi connectivity index (χ2v) is 9.69. The summed E-state index contributed by atoms with van der Waals surface area (Å²) >= 11 is 0. The van der Waals surface area contributed by atoms with Crippen molar-refractivity contribution in [3.05, 3.63) is 66.2 Å². The Bertz CT molecular complexity index is 792. The third-order valence-electron chi connectivity index (χ3n) is 5.29. The smallest absolute Gasteiger partial charge is 0.184 e. The van der Waals surface area contributed by atoms with Gasteiger partial charge in [-0.25, -0.2) is 8.42 Å². The van der Waals surface area contributed by atoms with Crippen LogP contribution in [0.3, 0.4) is 0 Å². The van der Waals surface area contributed by atoms with Gasteiger partial charge in [0.15, 0.2) is 9.84 Å². The van der Waals surface area contributed by atoms with Crippen molar-refractivity contribution in [2.75, 3.05) is 0 Å². The van der Waals surface area contributed by atoms with E-state index in [0.29, 0.717) is 30.6 Å². The fraction of sp³-hybridized carbons (Fsp3) is 0.429. The molecule has 2 aromatic carbocycles. The third-order valence-corrected chi connectivity index (χ3v) is 7.76. The number of benzene rings is 2. The highest BCUT2D eigenvalue weighted by Gasteiger charge is 2.60. The Morgan fingerprint density at radius 1 is 0.960 bits per heavy atom. The van der Waals surface area contributed by atoms with Crippen molar-refractivity contribution in [1.29, 1.82) is 0 Å². The average molecular weight is 359 g/mol. The molecule has 3 nitrogen and oxygen atoms in total. The quantitative estimate of drug-likeness (QED) is 0.809. The molecule has 0 unspecified atom stereocenters. The van der Waals surface area contributed by atoms with Gasteiger partial charge in [-0.3, -0.25) is 0 Å². The second kappa shape index (κ2) is 6.93. The van der Waals surface area contributed by atoms with Crippen molar-refractivity contribution in [2.24, 2.45) is 0 Å². The van der Waals surface area contributed by atoms with Crippen molar-refractivity contribution in [2.45, 2.75) is 60.7 Å². The minimum atomic E-state index is -3.52. The molecule has 0 atom stereocenters. The number of aliphatic hydroxyl groups is 1. The van der Waals surface area contributed by atoms with E-state index in [1.165, 1.54) is 0 Å². The van der Waals surface area contributed by atoms with Gasteiger partial charge in [-0.05, 0) is 43.4 Å². The summed E-state index contributed by atoms with van der Waals surface area (Å²) in [5, 5.41) is 10.8. The highest BCUT2D eigenvalue weighted by molar-refractivity contribution is 7.93. The van der Waals surface area contributed by atoms with Gasteiger partial charge in [0.1, 0.15) is 0 Å². The summed E-state index contributed by atoms with van der Waals surface area (Å²) in [6, 6.07) is 18.4. The van der Waals surface area contributed by atoms with E-state index in [9.17, 15) is 13.5 Å². The van der Waals surface area contributed by atoms with Crippen LogP contribution in [-0.4, -0.2) is 23.9 Å². The van der Waals surface area contributed by atoms with Crippen molar-refractivity contribution < 1.29 is 13.5 Å². The van der Waals surface area contributed by atoms with E-state index in [1.54, 1.807) is 24.3 Å². The molecule has 1 aliphatic carbocycles. The minimum absolute atomic E-state index is 0.312. The lowest BCUT2D eigenvalue weighted by Gasteiger charge is -2.53. The number of rotatable bonds is 7. The summed E-state index contributed by atoms with van der Waals surface area (Å²) in [6.07, 6.45) is 3.66. The molecule has 0 radical (unpaired) electrons. The fourth-order valence-electron chi connectivity index (χ4n) is 4.06. The molecule has 2 aromatic rings. The molecule has 0 aliphatic heterocycles. The first-order chi connectivity index (χ1) is 11.9. The van der Waals surface area contributed by atoms with Crippen LogP contribution in [0.1, 0.15) is 44.6 Å². The van der Waals surface area contributed by atoms with Crippen molar-refractivity contribution in [1.82, 2.24) is 0 Å². The van der Waals surface area contributed by atoms with Crippen LogP contribution in [0.5, 0.6) is 0 Å². The summed E-state index contributed by atoms with van der Waals surface area (Å²) in [7, 11) is -3.52. The van der Waals surface area contributed by atoms with Crippen LogP contribution in [0.15, 0.2) is 65.6 Å². The third kappa shape index (κ3) is 3.51. The van der Waals surface area contributed by atoms with Crippen LogP contribution in [0.2, 0.25) is 0 Å². The molecule has 0 aromatic heterocycles. The van der Waals surface area contributed by atoms with Gasteiger partial charge >= 0.3 is 0 Å². The predicted octanol–water partition coefficient (Wildman–Crippen LogP) is 4.16. The maximum absolute atomic E-state index is 13.4. The zero-order chi connectivity index (χ0) is 18.0. The van der Waals surface area contributed by atoms with Crippen molar-refractivity contribution in [3.63, 3.8) is 0 Å². The topological polar surface area (TPSA) is 54.4 Å². The number of unbranched alkanes of at least 4 members (excludes halogenated alkanes) is 1. The molecule has 134 valence electrons. The van der Waals surface area contributed by atoms with Gasteiger partial charge in [0.05, 0.1) is 15.2 Å². The Kier molecular flexibility index (Phi) is 5.03. The van der Waals surface area contributed by atoms with Crippen LogP contribution >= 0.6 is 0 Å². The minimum Gasteiger partial charge on any atom is -0.390 e. The first-order valence-electron chi connectivity index (χ1n) is 8.97. The number of hydrogen-bond acceptors (Lipinski definition) is 3. The van der Waals surface area contributed by atoms with E-state index in [1.807, 2.05) is 36.4 Å². The van der Waals surface area contributed by atoms with Gasteiger partial charge in [-0.1, -0.05) is 68.3 Å². The molecule has 0 bridgehead atoms. The van der Waals surface area contributed by atoms with Gasteiger partial charge in [0.2, 0.25) is 0 Å². The van der Waals surface area contributed by atoms with Gasteiger partial charge in [0.25, 0.3) is 0 Å². The van der Waals surface area contributed by atoms with Crippen molar-refractivity contribution in [3.8, 4) is 0 Å². The predicted molar refractivity (Wildman–Crippen MR) is 100 cm³/mol. The molecule has 0 heterocycles. The highest BCUT2D eigenvalue weighted by atomic mass is 32.2. The molecule has 1 saturated carbocycles. The zero-order valence-corrected chi connectivity index (χ0v) is 15.5. The molecule has 25 heavy (non-hydrogen) atoms. The lowest BCUT2D eigenvalue weighted by atomic mass is 9.65. The fourth-order valence-corrected chi connectivity index (χ4v) is 6.35. The van der Waals surface area contributed by atoms with Crippen LogP contribution in [0.4, 0.5) is 0 Å². The zero-order valence-electron chi connectivity index (χ0n) is 14.7. The average Bonchev–Trinajstić information content (AvgIpc) is 2.60. The first kappa shape index (κ1) is 18.2. The summed E-state index contributed by atoms with van der Waals surface area (Å²) in [5.41, 5.74) is 0.145. The Morgan fingerprint density at radius 2 is 1.52 bits per heavy atom. The van der Waals surface area contributed by atoms with E-state index >= 15 is 0 Å². The maximum atomic E-state index is 13.4. The normalized spacial score (nSPS) is 26.2. The summed E-state index contributed by atoms with van der Waals surface area (Å²) in [4.78, 5) is 0.350. The lowest BCUT2D eigenvalue weighted by molar-refractivity contribution is -0.0688. The molecule has 0 amide bonds. The Hall–Kier alpha value is -1.65. The summed E-state index contributed by atoms with van der Waals surface area (Å²) in [6.45, 7) is 2.08. The molecular formula is C21H26O3S. The van der Waals surface area contributed by atoms with Crippen LogP contribution in [0.25, 0.3) is 0 Å². The summed E-state index contributed by atoms with van der Waals surface area (Å²) in [5.74, 6) is 0. The Morgan fingerprint density at radius 3 is 2.08 bits per heavy atom. The number of sulfone groups is 1. The first-order valence-corrected chi connectivity index (χ1v) is 10.5. The number of hydrogen-bond donors (Lipinski definition) is 1. The van der Waals surface area contributed by atoms with E-state index in [-0.39, 0.29) is 0 Å². The van der Waals surface area contributed by atoms with Crippen LogP contribution < -0.4 is 0 Å². The van der Waals surface area contributed by atoms with E-state index in [4.69, 9.17) is 0 Å². The SMILES string of the molecule is CCCCC1(O)CC(Cc2ccccc2)(S(=O)(=O)c2ccccc2)C1. The van der Waals surface area contributed by atoms with Gasteiger partial charge in [-0.15, -0.1) is 0 Å². The Labute approximate surface area is 150 Å². The van der Waals surface area contributed by atoms with Crippen molar-refractivity contribution >= 4 is 9.84 Å². The molecule has 0 spiro atoms. The molecular weight excluding hydrogens is 332 g/mol. The molecule has 4 heteroatoms. The molecule has 1 aliphatic rings. The largest absolute Gasteiger partial charge is 0.390 e. The maximum Gasteiger partial charge on any atom is 0.184 e. The van der Waals surface area contributed by atoms with Crippen LogP contribution in [-0.2, 0) is 16.3 Å². The van der Waals surface area contributed by atoms with E-state index in [2.05, 4.69) is 6.92 Å². The van der Waals surface area contributed by atoms with Gasteiger partial charge < -0.3 is 5.11 Å². The highest BCUT2D eigenvalue weighted by Crippen LogP contribution is 2.52. The monoisotopic (exact) mass is 358 g/mol. The summed E-state index contributed by atoms with van der Waals surface area (Å²) < 4.78 is 25.9. The van der Waals surface area contributed by atoms with E-state index < -0.39 is 20.2 Å². The van der Waals surface area contributed by atoms with Crippen LogP contribution in [0, 0.1) is 0 Å². The second-order valence-electron chi connectivity index (χ2n) is 7.34. The lowest BCUT2D eigenvalue weighted by Crippen LogP contribution is -2.61. The molecule has 1 N–H and O–H groups in total. The van der Waals surface area contributed by atoms with E-state index in [0.717, 1.165) is 18.4 Å². The standard InChI is InChI=1S/C21H26O3S/c1-2-3-14-20(22)16-21(17-20,15-18-10-6-4-7-11-18)25(23,24)19-12-8-5-9-13-19/h4-13,22H,2-3,14-17H2,1H3. The molecule has 3 rings (SSSR count). The van der Waals surface area contributed by atoms with Gasteiger partial charge in [-0.2, -0.15) is 0 Å². The molecule has 1 fully saturated rings. The molecule has 0 saturated heterocycles. The Balaban J connectivity index is 1.94.